The van der Waals surface area contributed by atoms with Gasteiger partial charge in [-0.2, -0.15) is 5.10 Å². The molecule has 0 unspecified atom stereocenters. The second-order valence-corrected chi connectivity index (χ2v) is 3.67. The van der Waals surface area contributed by atoms with Crippen molar-refractivity contribution in [3.8, 4) is 0 Å². The number of fused-ring (bicyclic) bond motifs is 1. The maximum atomic E-state index is 4.31. The van der Waals surface area contributed by atoms with Crippen molar-refractivity contribution in [3.63, 3.8) is 0 Å². The number of nitrogens with one attached hydrogen (secondary N) is 1. The standard InChI is InChI=1S/C12H16N2/c1-3-9(4-2)12-10-7-5-6-8-11(10)13-14-12/h5-9H,3-4H2,1-2H3,(H,13,14). The summed E-state index contributed by atoms with van der Waals surface area (Å²) >= 11 is 0. The van der Waals surface area contributed by atoms with Crippen LogP contribution in [0.1, 0.15) is 38.3 Å². The number of hydrogen-bond acceptors (Lipinski definition) is 1. The van der Waals surface area contributed by atoms with E-state index in [2.05, 4.69) is 42.2 Å². The maximum Gasteiger partial charge on any atom is 0.0923 e. The Morgan fingerprint density at radius 2 is 1.93 bits per heavy atom. The molecule has 1 N–H and O–H groups in total. The minimum atomic E-state index is 0.613. The van der Waals surface area contributed by atoms with Crippen molar-refractivity contribution in [2.75, 3.05) is 0 Å². The van der Waals surface area contributed by atoms with Gasteiger partial charge in [0.2, 0.25) is 0 Å². The normalized spacial score (nSPS) is 11.4. The van der Waals surface area contributed by atoms with Crippen LogP contribution in [0.3, 0.4) is 0 Å². The molecule has 2 heteroatoms. The molecule has 1 heterocycles. The van der Waals surface area contributed by atoms with E-state index in [-0.39, 0.29) is 0 Å². The van der Waals surface area contributed by atoms with Gasteiger partial charge in [0, 0.05) is 17.0 Å². The molecule has 0 saturated carbocycles. The van der Waals surface area contributed by atoms with Crippen LogP contribution >= 0.6 is 0 Å². The van der Waals surface area contributed by atoms with Gasteiger partial charge in [0.25, 0.3) is 0 Å². The van der Waals surface area contributed by atoms with E-state index in [1.807, 2.05) is 6.07 Å². The zero-order valence-electron chi connectivity index (χ0n) is 8.75. The lowest BCUT2D eigenvalue weighted by atomic mass is 9.97. The molecule has 2 aromatic rings. The van der Waals surface area contributed by atoms with Gasteiger partial charge in [-0.15, -0.1) is 0 Å². The lowest BCUT2D eigenvalue weighted by Gasteiger charge is -2.09. The first-order valence-electron chi connectivity index (χ1n) is 5.29. The maximum absolute atomic E-state index is 4.31. The monoisotopic (exact) mass is 188 g/mol. The quantitative estimate of drug-likeness (QED) is 0.785. The highest BCUT2D eigenvalue weighted by atomic mass is 15.1. The average molecular weight is 188 g/mol. The number of para-hydroxylation sites is 1. The van der Waals surface area contributed by atoms with Crippen LogP contribution in [0, 0.1) is 0 Å². The molecule has 0 aliphatic heterocycles. The highest BCUT2D eigenvalue weighted by Crippen LogP contribution is 2.27. The topological polar surface area (TPSA) is 28.7 Å². The SMILES string of the molecule is CCC(CC)c1[nH]nc2ccccc12. The molecule has 2 rings (SSSR count). The molecule has 1 aromatic carbocycles. The predicted molar refractivity (Wildman–Crippen MR) is 59.4 cm³/mol. The van der Waals surface area contributed by atoms with E-state index in [4.69, 9.17) is 0 Å². The zero-order valence-corrected chi connectivity index (χ0v) is 8.75. The molecule has 0 atom stereocenters. The Balaban J connectivity index is 2.51. The second kappa shape index (κ2) is 3.82. The first-order valence-corrected chi connectivity index (χ1v) is 5.29. The van der Waals surface area contributed by atoms with Gasteiger partial charge in [-0.1, -0.05) is 32.0 Å². The summed E-state index contributed by atoms with van der Waals surface area (Å²) in [6, 6.07) is 8.30. The third-order valence-corrected chi connectivity index (χ3v) is 2.88. The number of H-pyrrole nitrogens is 1. The Morgan fingerprint density at radius 3 is 2.64 bits per heavy atom. The molecule has 0 bridgehead atoms. The predicted octanol–water partition coefficient (Wildman–Crippen LogP) is 3.47. The Hall–Kier alpha value is -1.31. The molecule has 0 amide bonds. The number of benzene rings is 1. The summed E-state index contributed by atoms with van der Waals surface area (Å²) in [6.45, 7) is 4.45. The average Bonchev–Trinajstić information content (AvgIpc) is 2.65. The van der Waals surface area contributed by atoms with E-state index in [1.54, 1.807) is 0 Å². The molecule has 14 heavy (non-hydrogen) atoms. The Morgan fingerprint density at radius 1 is 1.21 bits per heavy atom. The third kappa shape index (κ3) is 1.41. The fourth-order valence-electron chi connectivity index (χ4n) is 1.99. The van der Waals surface area contributed by atoms with Crippen molar-refractivity contribution >= 4 is 10.9 Å². The summed E-state index contributed by atoms with van der Waals surface area (Å²) in [4.78, 5) is 0. The number of nitrogens with zero attached hydrogens (tertiary/aromatic N) is 1. The number of aromatic nitrogens is 2. The van der Waals surface area contributed by atoms with Crippen molar-refractivity contribution in [3.05, 3.63) is 30.0 Å². The van der Waals surface area contributed by atoms with Gasteiger partial charge < -0.3 is 0 Å². The molecular weight excluding hydrogens is 172 g/mol. The first-order chi connectivity index (χ1) is 6.86. The van der Waals surface area contributed by atoms with Crippen LogP contribution in [0.4, 0.5) is 0 Å². The summed E-state index contributed by atoms with van der Waals surface area (Å²) in [6.07, 6.45) is 2.34. The summed E-state index contributed by atoms with van der Waals surface area (Å²) < 4.78 is 0. The molecule has 74 valence electrons. The Kier molecular flexibility index (Phi) is 2.53. The smallest absolute Gasteiger partial charge is 0.0923 e. The summed E-state index contributed by atoms with van der Waals surface area (Å²) in [5.41, 5.74) is 2.38. The van der Waals surface area contributed by atoms with Crippen molar-refractivity contribution in [1.82, 2.24) is 10.2 Å². The van der Waals surface area contributed by atoms with Crippen molar-refractivity contribution in [2.45, 2.75) is 32.6 Å². The highest BCUT2D eigenvalue weighted by Gasteiger charge is 2.12. The summed E-state index contributed by atoms with van der Waals surface area (Å²) in [5, 5.41) is 8.75. The molecule has 0 radical (unpaired) electrons. The highest BCUT2D eigenvalue weighted by molar-refractivity contribution is 5.81. The zero-order chi connectivity index (χ0) is 9.97. The molecule has 1 aromatic heterocycles. The van der Waals surface area contributed by atoms with Crippen molar-refractivity contribution < 1.29 is 0 Å². The van der Waals surface area contributed by atoms with Crippen molar-refractivity contribution in [1.29, 1.82) is 0 Å². The molecule has 0 saturated heterocycles. The fourth-order valence-corrected chi connectivity index (χ4v) is 1.99. The van der Waals surface area contributed by atoms with E-state index in [0.717, 1.165) is 5.52 Å². The van der Waals surface area contributed by atoms with Crippen molar-refractivity contribution in [2.24, 2.45) is 0 Å². The van der Waals surface area contributed by atoms with Gasteiger partial charge in [-0.25, -0.2) is 0 Å². The summed E-state index contributed by atoms with van der Waals surface area (Å²) in [7, 11) is 0. The molecule has 0 spiro atoms. The van der Waals surface area contributed by atoms with Crippen LogP contribution < -0.4 is 0 Å². The minimum absolute atomic E-state index is 0.613. The van der Waals surface area contributed by atoms with Crippen LogP contribution in [0.15, 0.2) is 24.3 Å². The number of rotatable bonds is 3. The van der Waals surface area contributed by atoms with Gasteiger partial charge in [0.15, 0.2) is 0 Å². The largest absolute Gasteiger partial charge is 0.281 e. The number of hydrogen-bond donors (Lipinski definition) is 1. The van der Waals surface area contributed by atoms with Crippen LogP contribution in [0.25, 0.3) is 10.9 Å². The van der Waals surface area contributed by atoms with Gasteiger partial charge in [0.05, 0.1) is 5.52 Å². The first kappa shape index (κ1) is 9.25. The lowest BCUT2D eigenvalue weighted by Crippen LogP contribution is -1.96. The van der Waals surface area contributed by atoms with E-state index >= 15 is 0 Å². The van der Waals surface area contributed by atoms with Crippen LogP contribution in [0.2, 0.25) is 0 Å². The Bertz CT molecular complexity index is 413. The van der Waals surface area contributed by atoms with Crippen LogP contribution in [-0.4, -0.2) is 10.2 Å². The lowest BCUT2D eigenvalue weighted by molar-refractivity contribution is 0.625. The molecule has 0 aliphatic carbocycles. The molecular formula is C12H16N2. The fraction of sp³-hybridized carbons (Fsp3) is 0.417. The van der Waals surface area contributed by atoms with E-state index in [0.29, 0.717) is 5.92 Å². The van der Waals surface area contributed by atoms with Gasteiger partial charge in [-0.05, 0) is 18.9 Å². The van der Waals surface area contributed by atoms with Gasteiger partial charge in [0.1, 0.15) is 0 Å². The Labute approximate surface area is 84.3 Å². The third-order valence-electron chi connectivity index (χ3n) is 2.88. The number of aromatic amines is 1. The van der Waals surface area contributed by atoms with E-state index in [1.165, 1.54) is 23.9 Å². The second-order valence-electron chi connectivity index (χ2n) is 3.67. The molecule has 0 fully saturated rings. The van der Waals surface area contributed by atoms with E-state index in [9.17, 15) is 0 Å². The van der Waals surface area contributed by atoms with Crippen LogP contribution in [0.5, 0.6) is 0 Å². The van der Waals surface area contributed by atoms with Gasteiger partial charge in [-0.3, -0.25) is 5.10 Å². The summed E-state index contributed by atoms with van der Waals surface area (Å²) in [5.74, 6) is 0.613. The molecule has 0 aliphatic rings. The molecule has 2 nitrogen and oxygen atoms in total. The van der Waals surface area contributed by atoms with Gasteiger partial charge >= 0.3 is 0 Å². The van der Waals surface area contributed by atoms with E-state index < -0.39 is 0 Å². The van der Waals surface area contributed by atoms with Crippen LogP contribution in [-0.2, 0) is 0 Å². The minimum Gasteiger partial charge on any atom is -0.281 e.